The minimum atomic E-state index is -4.48. The molecule has 0 saturated heterocycles. The molecule has 1 amide bonds. The third-order valence-electron chi connectivity index (χ3n) is 4.64. The molecule has 0 radical (unpaired) electrons. The molecule has 4 aromatic rings. The van der Waals surface area contributed by atoms with Crippen molar-refractivity contribution >= 4 is 22.9 Å². The van der Waals surface area contributed by atoms with Gasteiger partial charge in [0, 0.05) is 12.4 Å². The quantitative estimate of drug-likeness (QED) is 0.463. The lowest BCUT2D eigenvalue weighted by atomic mass is 10.1. The van der Waals surface area contributed by atoms with Crippen LogP contribution in [0.15, 0.2) is 60.4 Å². The van der Waals surface area contributed by atoms with Crippen molar-refractivity contribution in [1.29, 1.82) is 0 Å². The number of hydrogen-bond acceptors (Lipinski definition) is 4. The molecule has 0 unspecified atom stereocenters. The van der Waals surface area contributed by atoms with E-state index in [1.807, 2.05) is 31.2 Å². The van der Waals surface area contributed by atoms with E-state index >= 15 is 0 Å². The number of alkyl halides is 3. The predicted octanol–water partition coefficient (Wildman–Crippen LogP) is 4.82. The van der Waals surface area contributed by atoms with Crippen LogP contribution < -0.4 is 5.32 Å². The zero-order valence-electron chi connectivity index (χ0n) is 16.4. The van der Waals surface area contributed by atoms with Gasteiger partial charge in [-0.1, -0.05) is 24.3 Å². The van der Waals surface area contributed by atoms with Crippen molar-refractivity contribution in [3.05, 3.63) is 87.6 Å². The Morgan fingerprint density at radius 2 is 1.97 bits per heavy atom. The molecule has 3 aromatic heterocycles. The first kappa shape index (κ1) is 20.9. The summed E-state index contributed by atoms with van der Waals surface area (Å²) < 4.78 is 40.9. The maximum Gasteiger partial charge on any atom is 0.435 e. The van der Waals surface area contributed by atoms with E-state index in [2.05, 4.69) is 15.5 Å². The number of hydrogen-bond donors (Lipinski definition) is 1. The molecule has 1 N–H and O–H groups in total. The van der Waals surface area contributed by atoms with Gasteiger partial charge in [0.15, 0.2) is 5.69 Å². The third kappa shape index (κ3) is 5.02. The van der Waals surface area contributed by atoms with Gasteiger partial charge in [-0.25, -0.2) is 0 Å². The summed E-state index contributed by atoms with van der Waals surface area (Å²) >= 11 is 1.22. The molecule has 31 heavy (non-hydrogen) atoms. The van der Waals surface area contributed by atoms with Crippen LogP contribution in [0.2, 0.25) is 0 Å². The van der Waals surface area contributed by atoms with E-state index < -0.39 is 11.9 Å². The molecule has 0 aliphatic rings. The topological polar surface area (TPSA) is 64.7 Å². The van der Waals surface area contributed by atoms with E-state index in [0.29, 0.717) is 22.7 Å². The number of amides is 1. The second-order valence-electron chi connectivity index (χ2n) is 7.02. The van der Waals surface area contributed by atoms with Gasteiger partial charge >= 0.3 is 6.18 Å². The van der Waals surface area contributed by atoms with Gasteiger partial charge in [-0.3, -0.25) is 14.2 Å². The van der Waals surface area contributed by atoms with E-state index in [0.717, 1.165) is 17.2 Å². The molecule has 4 rings (SSSR count). The molecule has 0 saturated carbocycles. The van der Waals surface area contributed by atoms with Crippen LogP contribution in [0.4, 0.5) is 18.9 Å². The molecule has 0 spiro atoms. The van der Waals surface area contributed by atoms with Gasteiger partial charge in [0.05, 0.1) is 29.9 Å². The maximum absolute atomic E-state index is 12.7. The number of thiophene rings is 1. The highest BCUT2D eigenvalue weighted by molar-refractivity contribution is 7.12. The Morgan fingerprint density at radius 3 is 2.71 bits per heavy atom. The van der Waals surface area contributed by atoms with Crippen LogP contribution in [-0.2, 0) is 19.3 Å². The lowest BCUT2D eigenvalue weighted by Crippen LogP contribution is -2.10. The Hall–Kier alpha value is -3.40. The number of anilines is 1. The second-order valence-corrected chi connectivity index (χ2v) is 7.93. The summed E-state index contributed by atoms with van der Waals surface area (Å²) in [5, 5.41) is 12.3. The highest BCUT2D eigenvalue weighted by atomic mass is 32.1. The third-order valence-corrected chi connectivity index (χ3v) is 5.62. The van der Waals surface area contributed by atoms with Crippen LogP contribution in [-0.4, -0.2) is 25.5 Å². The average Bonchev–Trinajstić information content (AvgIpc) is 3.45. The standard InChI is InChI=1S/C21H18F3N5OS/c1-14-4-2-3-5-16(14)11-29-12-17(9-25-29)26-20(30)18-8-15(13-31-18)10-28-7-6-19(27-28)21(22,23)24/h2-9,12-13H,10-11H2,1H3,(H,26,30). The molecule has 160 valence electrons. The smallest absolute Gasteiger partial charge is 0.319 e. The molecule has 3 heterocycles. The fourth-order valence-corrected chi connectivity index (χ4v) is 3.83. The zero-order valence-corrected chi connectivity index (χ0v) is 17.2. The Balaban J connectivity index is 1.38. The predicted molar refractivity (Wildman–Crippen MR) is 111 cm³/mol. The van der Waals surface area contributed by atoms with Gasteiger partial charge in [-0.05, 0) is 41.1 Å². The maximum atomic E-state index is 12.7. The number of halogens is 3. The van der Waals surface area contributed by atoms with Crippen LogP contribution >= 0.6 is 11.3 Å². The monoisotopic (exact) mass is 445 g/mol. The normalized spacial score (nSPS) is 11.6. The summed E-state index contributed by atoms with van der Waals surface area (Å²) in [5.41, 5.74) is 2.62. The van der Waals surface area contributed by atoms with E-state index in [4.69, 9.17) is 0 Å². The van der Waals surface area contributed by atoms with Gasteiger partial charge in [-0.2, -0.15) is 23.4 Å². The van der Waals surface area contributed by atoms with Gasteiger partial charge in [0.25, 0.3) is 5.91 Å². The minimum Gasteiger partial charge on any atom is -0.319 e. The molecular weight excluding hydrogens is 427 g/mol. The van der Waals surface area contributed by atoms with Crippen molar-refractivity contribution in [3.63, 3.8) is 0 Å². The van der Waals surface area contributed by atoms with Crippen molar-refractivity contribution in [2.45, 2.75) is 26.2 Å². The Morgan fingerprint density at radius 1 is 1.16 bits per heavy atom. The van der Waals surface area contributed by atoms with E-state index in [1.54, 1.807) is 28.5 Å². The average molecular weight is 445 g/mol. The summed E-state index contributed by atoms with van der Waals surface area (Å²) in [7, 11) is 0. The number of nitrogens with one attached hydrogen (secondary N) is 1. The molecule has 0 fully saturated rings. The van der Waals surface area contributed by atoms with E-state index in [-0.39, 0.29) is 12.5 Å². The van der Waals surface area contributed by atoms with Crippen molar-refractivity contribution in [3.8, 4) is 0 Å². The first-order valence-electron chi connectivity index (χ1n) is 9.34. The molecule has 10 heteroatoms. The molecule has 1 aromatic carbocycles. The summed E-state index contributed by atoms with van der Waals surface area (Å²) in [5.74, 6) is -0.303. The highest BCUT2D eigenvalue weighted by Crippen LogP contribution is 2.27. The number of aryl methyl sites for hydroxylation is 1. The minimum absolute atomic E-state index is 0.147. The number of nitrogens with zero attached hydrogens (tertiary/aromatic N) is 4. The molecule has 0 aliphatic carbocycles. The van der Waals surface area contributed by atoms with Crippen LogP contribution in [0.25, 0.3) is 0 Å². The molecular formula is C21H18F3N5OS. The van der Waals surface area contributed by atoms with Gasteiger partial charge in [0.1, 0.15) is 0 Å². The van der Waals surface area contributed by atoms with Crippen LogP contribution in [0, 0.1) is 6.92 Å². The SMILES string of the molecule is Cc1ccccc1Cn1cc(NC(=O)c2cc(Cn3ccc(C(F)(F)F)n3)cs2)cn1. The molecule has 0 aliphatic heterocycles. The van der Waals surface area contributed by atoms with Crippen LogP contribution in [0.3, 0.4) is 0 Å². The fourth-order valence-electron chi connectivity index (χ4n) is 3.03. The van der Waals surface area contributed by atoms with Gasteiger partial charge in [-0.15, -0.1) is 11.3 Å². The molecule has 0 bridgehead atoms. The number of aromatic nitrogens is 4. The van der Waals surface area contributed by atoms with Crippen molar-refractivity contribution in [2.75, 3.05) is 5.32 Å². The number of carbonyl (C=O) groups is 1. The fraction of sp³-hybridized carbons (Fsp3) is 0.190. The van der Waals surface area contributed by atoms with Crippen molar-refractivity contribution in [2.24, 2.45) is 0 Å². The van der Waals surface area contributed by atoms with Crippen molar-refractivity contribution in [1.82, 2.24) is 19.6 Å². The number of carbonyl (C=O) groups excluding carboxylic acids is 1. The number of benzene rings is 1. The summed E-state index contributed by atoms with van der Waals surface area (Å²) in [6.45, 7) is 2.77. The number of rotatable bonds is 6. The largest absolute Gasteiger partial charge is 0.435 e. The molecule has 6 nitrogen and oxygen atoms in total. The summed E-state index contributed by atoms with van der Waals surface area (Å²) in [6, 6.07) is 10.6. The highest BCUT2D eigenvalue weighted by Gasteiger charge is 2.33. The lowest BCUT2D eigenvalue weighted by Gasteiger charge is -2.05. The Bertz CT molecular complexity index is 1210. The lowest BCUT2D eigenvalue weighted by molar-refractivity contribution is -0.141. The van der Waals surface area contributed by atoms with Crippen molar-refractivity contribution < 1.29 is 18.0 Å². The summed E-state index contributed by atoms with van der Waals surface area (Å²) in [4.78, 5) is 13.0. The first-order chi connectivity index (χ1) is 14.8. The summed E-state index contributed by atoms with van der Waals surface area (Å²) in [6.07, 6.45) is 0.117. The zero-order chi connectivity index (χ0) is 22.0. The van der Waals surface area contributed by atoms with Crippen LogP contribution in [0.5, 0.6) is 0 Å². The van der Waals surface area contributed by atoms with Crippen LogP contribution in [0.1, 0.15) is 32.1 Å². The van der Waals surface area contributed by atoms with E-state index in [1.165, 1.54) is 22.2 Å². The Kier molecular flexibility index (Phi) is 5.64. The first-order valence-corrected chi connectivity index (χ1v) is 10.2. The van der Waals surface area contributed by atoms with E-state index in [9.17, 15) is 18.0 Å². The van der Waals surface area contributed by atoms with Gasteiger partial charge in [0.2, 0.25) is 0 Å². The molecule has 0 atom stereocenters. The second kappa shape index (κ2) is 8.38. The van der Waals surface area contributed by atoms with Gasteiger partial charge < -0.3 is 5.32 Å². The Labute approximate surface area is 179 Å².